The van der Waals surface area contributed by atoms with Crippen LogP contribution >= 0.6 is 39.7 Å². The van der Waals surface area contributed by atoms with E-state index < -0.39 is 0 Å². The summed E-state index contributed by atoms with van der Waals surface area (Å²) in [4.78, 5) is 0.894. The minimum atomic E-state index is 0.718. The lowest BCUT2D eigenvalue weighted by Gasteiger charge is -2.19. The van der Waals surface area contributed by atoms with Crippen LogP contribution in [-0.4, -0.2) is 4.99 Å². The summed E-state index contributed by atoms with van der Waals surface area (Å²) in [5.41, 5.74) is 2.31. The van der Waals surface area contributed by atoms with Gasteiger partial charge in [0.2, 0.25) is 0 Å². The van der Waals surface area contributed by atoms with E-state index in [1.54, 1.807) is 0 Å². The summed E-state index contributed by atoms with van der Waals surface area (Å²) < 4.78 is 0.947. The maximum atomic E-state index is 5.96. The van der Waals surface area contributed by atoms with Crippen LogP contribution in [0.25, 0.3) is 0 Å². The molecule has 2 rings (SSSR count). The van der Waals surface area contributed by atoms with Crippen LogP contribution in [0, 0.1) is 0 Å². The second kappa shape index (κ2) is 3.56. The first-order chi connectivity index (χ1) is 6.16. The van der Waals surface area contributed by atoms with Crippen LogP contribution in [0.4, 0.5) is 5.69 Å². The fraction of sp³-hybridized carbons (Fsp3) is 0.222. The van der Waals surface area contributed by atoms with Gasteiger partial charge in [0.1, 0.15) is 0 Å². The summed E-state index contributed by atoms with van der Waals surface area (Å²) in [7, 11) is 0. The van der Waals surface area contributed by atoms with Gasteiger partial charge < -0.3 is 5.32 Å². The number of aryl methyl sites for hydroxylation is 1. The summed E-state index contributed by atoms with van der Waals surface area (Å²) in [5, 5.41) is 3.87. The fourth-order valence-corrected chi connectivity index (χ4v) is 2.14. The summed E-state index contributed by atoms with van der Waals surface area (Å²) >= 11 is 14.5. The second-order valence-electron chi connectivity index (χ2n) is 2.97. The molecule has 1 aliphatic heterocycles. The van der Waals surface area contributed by atoms with E-state index in [0.717, 1.165) is 33.0 Å². The number of halogens is 2. The smallest absolute Gasteiger partial charge is 0.0800 e. The topological polar surface area (TPSA) is 12.0 Å². The predicted octanol–water partition coefficient (Wildman–Crippen LogP) is 3.79. The molecule has 0 radical (unpaired) electrons. The Bertz CT molecular complexity index is 378. The molecule has 1 aliphatic rings. The van der Waals surface area contributed by atoms with Crippen LogP contribution in [0.1, 0.15) is 12.0 Å². The van der Waals surface area contributed by atoms with Crippen molar-refractivity contribution >= 4 is 50.4 Å². The van der Waals surface area contributed by atoms with Crippen LogP contribution in [0.5, 0.6) is 0 Å². The van der Waals surface area contributed by atoms with Crippen LogP contribution in [-0.2, 0) is 6.42 Å². The summed E-state index contributed by atoms with van der Waals surface area (Å²) in [6.45, 7) is 0. The number of anilines is 1. The molecule has 0 unspecified atom stereocenters. The summed E-state index contributed by atoms with van der Waals surface area (Å²) in [6, 6.07) is 3.96. The van der Waals surface area contributed by atoms with E-state index in [2.05, 4.69) is 21.2 Å². The Kier molecular flexibility index (Phi) is 2.58. The van der Waals surface area contributed by atoms with E-state index in [1.807, 2.05) is 12.1 Å². The Morgan fingerprint density at radius 3 is 2.92 bits per heavy atom. The van der Waals surface area contributed by atoms with Crippen LogP contribution in [0.2, 0.25) is 5.02 Å². The van der Waals surface area contributed by atoms with Crippen molar-refractivity contribution in [2.24, 2.45) is 0 Å². The SMILES string of the molecule is S=C1CCc2cc(Br)c(Cl)cc2N1. The number of thiocarbonyl (C=S) groups is 1. The third kappa shape index (κ3) is 1.87. The van der Waals surface area contributed by atoms with Crippen LogP contribution in [0.3, 0.4) is 0 Å². The van der Waals surface area contributed by atoms with Crippen molar-refractivity contribution in [3.63, 3.8) is 0 Å². The number of hydrogen-bond acceptors (Lipinski definition) is 1. The first-order valence-electron chi connectivity index (χ1n) is 3.94. The maximum Gasteiger partial charge on any atom is 0.0800 e. The highest BCUT2D eigenvalue weighted by molar-refractivity contribution is 9.10. The van der Waals surface area contributed by atoms with E-state index in [0.29, 0.717) is 0 Å². The van der Waals surface area contributed by atoms with Gasteiger partial charge in [-0.25, -0.2) is 0 Å². The van der Waals surface area contributed by atoms with Gasteiger partial charge in [0.15, 0.2) is 0 Å². The molecule has 13 heavy (non-hydrogen) atoms. The molecule has 0 aliphatic carbocycles. The van der Waals surface area contributed by atoms with Crippen molar-refractivity contribution in [2.75, 3.05) is 5.32 Å². The van der Waals surface area contributed by atoms with Gasteiger partial charge in [-0.05, 0) is 40.0 Å². The molecule has 1 aromatic rings. The van der Waals surface area contributed by atoms with Crippen molar-refractivity contribution in [3.8, 4) is 0 Å². The molecule has 0 atom stereocenters. The number of nitrogens with one attached hydrogen (secondary N) is 1. The fourth-order valence-electron chi connectivity index (χ4n) is 1.37. The predicted molar refractivity (Wildman–Crippen MR) is 63.7 cm³/mol. The molecule has 0 saturated carbocycles. The third-order valence-electron chi connectivity index (χ3n) is 2.04. The number of rotatable bonds is 0. The highest BCUT2D eigenvalue weighted by Crippen LogP contribution is 2.32. The van der Waals surface area contributed by atoms with E-state index in [1.165, 1.54) is 5.56 Å². The average Bonchev–Trinajstić information content (AvgIpc) is 2.08. The van der Waals surface area contributed by atoms with Crippen molar-refractivity contribution in [1.82, 2.24) is 0 Å². The van der Waals surface area contributed by atoms with Crippen molar-refractivity contribution in [1.29, 1.82) is 0 Å². The molecular formula is C9H7BrClNS. The average molecular weight is 277 g/mol. The highest BCUT2D eigenvalue weighted by atomic mass is 79.9. The molecule has 0 fully saturated rings. The van der Waals surface area contributed by atoms with Crippen LogP contribution in [0.15, 0.2) is 16.6 Å². The molecule has 0 aromatic heterocycles. The highest BCUT2D eigenvalue weighted by Gasteiger charge is 2.13. The zero-order valence-corrected chi connectivity index (χ0v) is 9.89. The normalized spacial score (nSPS) is 15.1. The lowest BCUT2D eigenvalue weighted by molar-refractivity contribution is 1.03. The lowest BCUT2D eigenvalue weighted by atomic mass is 10.0. The van der Waals surface area contributed by atoms with E-state index in [9.17, 15) is 0 Å². The van der Waals surface area contributed by atoms with Gasteiger partial charge in [0.25, 0.3) is 0 Å². The molecule has 1 heterocycles. The van der Waals surface area contributed by atoms with Gasteiger partial charge in [-0.15, -0.1) is 0 Å². The Morgan fingerprint density at radius 2 is 2.15 bits per heavy atom. The number of hydrogen-bond donors (Lipinski definition) is 1. The summed E-state index contributed by atoms with van der Waals surface area (Å²) in [6.07, 6.45) is 1.92. The molecule has 68 valence electrons. The Morgan fingerprint density at radius 1 is 1.38 bits per heavy atom. The largest absolute Gasteiger partial charge is 0.350 e. The number of fused-ring (bicyclic) bond motifs is 1. The molecule has 4 heteroatoms. The minimum Gasteiger partial charge on any atom is -0.350 e. The molecule has 1 N–H and O–H groups in total. The standard InChI is InChI=1S/C9H7BrClNS/c10-6-3-5-1-2-9(13)12-8(5)4-7(6)11/h3-4H,1-2H2,(H,12,13). The molecule has 0 saturated heterocycles. The molecule has 1 nitrogen and oxygen atoms in total. The van der Waals surface area contributed by atoms with Crippen molar-refractivity contribution in [3.05, 3.63) is 27.2 Å². The monoisotopic (exact) mass is 275 g/mol. The van der Waals surface area contributed by atoms with E-state index >= 15 is 0 Å². The molecule has 0 amide bonds. The number of benzene rings is 1. The zero-order chi connectivity index (χ0) is 9.42. The molecule has 0 spiro atoms. The zero-order valence-electron chi connectivity index (χ0n) is 6.73. The molecule has 1 aromatic carbocycles. The lowest BCUT2D eigenvalue weighted by Crippen LogP contribution is -2.17. The van der Waals surface area contributed by atoms with Crippen LogP contribution < -0.4 is 5.32 Å². The van der Waals surface area contributed by atoms with Gasteiger partial charge in [-0.1, -0.05) is 23.8 Å². The molecular weight excluding hydrogens is 270 g/mol. The Balaban J connectivity index is 2.49. The van der Waals surface area contributed by atoms with Gasteiger partial charge in [0.05, 0.1) is 10.0 Å². The van der Waals surface area contributed by atoms with Gasteiger partial charge in [0, 0.05) is 16.6 Å². The minimum absolute atomic E-state index is 0.718. The molecule has 0 bridgehead atoms. The maximum absolute atomic E-state index is 5.96. The Labute approximate surface area is 95.6 Å². The van der Waals surface area contributed by atoms with Gasteiger partial charge in [-0.3, -0.25) is 0 Å². The Hall–Kier alpha value is -0.120. The first-order valence-corrected chi connectivity index (χ1v) is 5.52. The van der Waals surface area contributed by atoms with Crippen molar-refractivity contribution < 1.29 is 0 Å². The first kappa shape index (κ1) is 9.44. The van der Waals surface area contributed by atoms with E-state index in [4.69, 9.17) is 23.8 Å². The second-order valence-corrected chi connectivity index (χ2v) is 4.73. The summed E-state index contributed by atoms with van der Waals surface area (Å²) in [5.74, 6) is 0. The quantitative estimate of drug-likeness (QED) is 0.724. The third-order valence-corrected chi connectivity index (χ3v) is 3.54. The van der Waals surface area contributed by atoms with Gasteiger partial charge >= 0.3 is 0 Å². The van der Waals surface area contributed by atoms with Crippen molar-refractivity contribution in [2.45, 2.75) is 12.8 Å². The van der Waals surface area contributed by atoms with E-state index in [-0.39, 0.29) is 0 Å². The van der Waals surface area contributed by atoms with Gasteiger partial charge in [-0.2, -0.15) is 0 Å².